The minimum atomic E-state index is 0.0110. The third-order valence-electron chi connectivity index (χ3n) is 4.85. The highest BCUT2D eigenvalue weighted by atomic mass is 16.5. The van der Waals surface area contributed by atoms with Crippen molar-refractivity contribution in [3.63, 3.8) is 0 Å². The number of benzene rings is 2. The van der Waals surface area contributed by atoms with Crippen LogP contribution >= 0.6 is 0 Å². The Morgan fingerprint density at radius 1 is 1.04 bits per heavy atom. The second-order valence-corrected chi connectivity index (χ2v) is 6.97. The van der Waals surface area contributed by atoms with E-state index in [0.717, 1.165) is 24.0 Å². The smallest absolute Gasteiger partial charge is 0.247 e. The molecular weight excluding hydrogens is 354 g/mol. The number of nitrogens with zero attached hydrogens (tertiary/aromatic N) is 1. The normalized spacial score (nSPS) is 13.4. The zero-order chi connectivity index (χ0) is 20.1. The first-order chi connectivity index (χ1) is 13.5. The molecule has 5 nitrogen and oxygen atoms in total. The van der Waals surface area contributed by atoms with Crippen LogP contribution in [0.2, 0.25) is 0 Å². The van der Waals surface area contributed by atoms with E-state index in [4.69, 9.17) is 14.2 Å². The van der Waals surface area contributed by atoms with Gasteiger partial charge >= 0.3 is 0 Å². The van der Waals surface area contributed by atoms with Gasteiger partial charge in [-0.2, -0.15) is 0 Å². The Morgan fingerprint density at radius 3 is 2.14 bits per heavy atom. The van der Waals surface area contributed by atoms with Crippen LogP contribution in [0.5, 0.6) is 17.2 Å². The molecule has 1 saturated carbocycles. The van der Waals surface area contributed by atoms with Gasteiger partial charge in [0.1, 0.15) is 0 Å². The molecule has 0 spiro atoms. The van der Waals surface area contributed by atoms with Crippen LogP contribution in [0.4, 0.5) is 0 Å². The first-order valence-electron chi connectivity index (χ1n) is 9.40. The zero-order valence-corrected chi connectivity index (χ0v) is 16.9. The van der Waals surface area contributed by atoms with Gasteiger partial charge in [-0.05, 0) is 49.1 Å². The lowest BCUT2D eigenvalue weighted by molar-refractivity contribution is -0.127. The monoisotopic (exact) mass is 381 g/mol. The summed E-state index contributed by atoms with van der Waals surface area (Å²) in [5.74, 6) is 1.67. The van der Waals surface area contributed by atoms with Crippen LogP contribution in [-0.2, 0) is 11.3 Å². The second kappa shape index (κ2) is 8.83. The highest BCUT2D eigenvalue weighted by molar-refractivity contribution is 5.92. The highest BCUT2D eigenvalue weighted by Gasteiger charge is 2.31. The first kappa shape index (κ1) is 19.8. The molecule has 0 N–H and O–H groups in total. The van der Waals surface area contributed by atoms with E-state index >= 15 is 0 Å². The minimum absolute atomic E-state index is 0.0110. The van der Waals surface area contributed by atoms with E-state index in [2.05, 4.69) is 31.2 Å². The number of amides is 1. The van der Waals surface area contributed by atoms with Gasteiger partial charge < -0.3 is 19.1 Å². The Labute approximate surface area is 166 Å². The summed E-state index contributed by atoms with van der Waals surface area (Å²) in [7, 11) is 4.72. The molecule has 2 aromatic carbocycles. The SMILES string of the molecule is COc1cc(/C=C/C(=O)N(Cc2ccc(C)cc2)C2CC2)cc(OC)c1OC. The van der Waals surface area contributed by atoms with Crippen molar-refractivity contribution < 1.29 is 19.0 Å². The van der Waals surface area contributed by atoms with Crippen LogP contribution < -0.4 is 14.2 Å². The van der Waals surface area contributed by atoms with Crippen molar-refractivity contribution in [2.24, 2.45) is 0 Å². The maximum Gasteiger partial charge on any atom is 0.247 e. The van der Waals surface area contributed by atoms with Crippen molar-refractivity contribution in [2.75, 3.05) is 21.3 Å². The van der Waals surface area contributed by atoms with Crippen molar-refractivity contribution in [1.29, 1.82) is 0 Å². The van der Waals surface area contributed by atoms with Gasteiger partial charge in [-0.25, -0.2) is 0 Å². The molecule has 2 aromatic rings. The summed E-state index contributed by atoms with van der Waals surface area (Å²) in [5, 5.41) is 0. The van der Waals surface area contributed by atoms with E-state index in [1.807, 2.05) is 17.0 Å². The molecule has 148 valence electrons. The molecule has 28 heavy (non-hydrogen) atoms. The fourth-order valence-electron chi connectivity index (χ4n) is 3.12. The molecule has 0 radical (unpaired) electrons. The lowest BCUT2D eigenvalue weighted by Crippen LogP contribution is -2.31. The van der Waals surface area contributed by atoms with Crippen molar-refractivity contribution in [3.05, 3.63) is 59.2 Å². The summed E-state index contributed by atoms with van der Waals surface area (Å²) in [4.78, 5) is 14.8. The Hall–Kier alpha value is -2.95. The summed E-state index contributed by atoms with van der Waals surface area (Å²) in [6.45, 7) is 2.69. The van der Waals surface area contributed by atoms with E-state index in [9.17, 15) is 4.79 Å². The molecule has 0 heterocycles. The van der Waals surface area contributed by atoms with Crippen LogP contribution in [0.25, 0.3) is 6.08 Å². The number of methoxy groups -OCH3 is 3. The Bertz CT molecular complexity index is 828. The molecule has 0 unspecified atom stereocenters. The van der Waals surface area contributed by atoms with Crippen molar-refractivity contribution in [2.45, 2.75) is 32.4 Å². The molecule has 1 fully saturated rings. The van der Waals surface area contributed by atoms with Crippen LogP contribution in [0.15, 0.2) is 42.5 Å². The number of hydrogen-bond donors (Lipinski definition) is 0. The molecular formula is C23H27NO4. The number of carbonyl (C=O) groups excluding carboxylic acids is 1. The van der Waals surface area contributed by atoms with E-state index < -0.39 is 0 Å². The standard InChI is InChI=1S/C23H27NO4/c1-16-5-7-17(8-6-16)15-24(19-10-11-19)22(25)12-9-18-13-20(26-2)23(28-4)21(14-18)27-3/h5-9,12-14,19H,10-11,15H2,1-4H3/b12-9+. The van der Waals surface area contributed by atoms with Crippen molar-refractivity contribution >= 4 is 12.0 Å². The van der Waals surface area contributed by atoms with E-state index in [-0.39, 0.29) is 5.91 Å². The van der Waals surface area contributed by atoms with Crippen LogP contribution in [-0.4, -0.2) is 38.2 Å². The molecule has 1 aliphatic carbocycles. The first-order valence-corrected chi connectivity index (χ1v) is 9.40. The number of rotatable bonds is 8. The molecule has 1 aliphatic rings. The summed E-state index contributed by atoms with van der Waals surface area (Å²) < 4.78 is 16.1. The molecule has 3 rings (SSSR count). The summed E-state index contributed by atoms with van der Waals surface area (Å²) >= 11 is 0. The van der Waals surface area contributed by atoms with Crippen LogP contribution in [0.3, 0.4) is 0 Å². The van der Waals surface area contributed by atoms with Gasteiger partial charge in [0.05, 0.1) is 21.3 Å². The predicted molar refractivity (Wildman–Crippen MR) is 110 cm³/mol. The maximum atomic E-state index is 12.9. The number of carbonyl (C=O) groups is 1. The molecule has 0 atom stereocenters. The van der Waals surface area contributed by atoms with Gasteiger partial charge in [0, 0.05) is 18.7 Å². The quantitative estimate of drug-likeness (QED) is 0.642. The third kappa shape index (κ3) is 4.66. The maximum absolute atomic E-state index is 12.9. The Balaban J connectivity index is 1.78. The second-order valence-electron chi connectivity index (χ2n) is 6.97. The van der Waals surface area contributed by atoms with E-state index in [1.165, 1.54) is 5.56 Å². The lowest BCUT2D eigenvalue weighted by Gasteiger charge is -2.21. The number of hydrogen-bond acceptors (Lipinski definition) is 4. The average Bonchev–Trinajstić information content (AvgIpc) is 3.55. The van der Waals surface area contributed by atoms with Gasteiger partial charge in [-0.1, -0.05) is 29.8 Å². The minimum Gasteiger partial charge on any atom is -0.493 e. The average molecular weight is 381 g/mol. The molecule has 5 heteroatoms. The predicted octanol–water partition coefficient (Wildman–Crippen LogP) is 4.23. The van der Waals surface area contributed by atoms with Crippen LogP contribution in [0, 0.1) is 6.92 Å². The Kier molecular flexibility index (Phi) is 6.24. The van der Waals surface area contributed by atoms with Gasteiger partial charge in [-0.3, -0.25) is 4.79 Å². The fourth-order valence-corrected chi connectivity index (χ4v) is 3.12. The molecule has 0 bridgehead atoms. The summed E-state index contributed by atoms with van der Waals surface area (Å²) in [6.07, 6.45) is 5.54. The van der Waals surface area contributed by atoms with E-state index in [1.54, 1.807) is 33.5 Å². The van der Waals surface area contributed by atoms with Crippen LogP contribution in [0.1, 0.15) is 29.5 Å². The largest absolute Gasteiger partial charge is 0.493 e. The van der Waals surface area contributed by atoms with Gasteiger partial charge in [0.2, 0.25) is 11.7 Å². The molecule has 0 aliphatic heterocycles. The van der Waals surface area contributed by atoms with Gasteiger partial charge in [0.25, 0.3) is 0 Å². The third-order valence-corrected chi connectivity index (χ3v) is 4.85. The molecule has 0 aromatic heterocycles. The van der Waals surface area contributed by atoms with E-state index in [0.29, 0.717) is 29.8 Å². The number of aryl methyl sites for hydroxylation is 1. The Morgan fingerprint density at radius 2 is 1.64 bits per heavy atom. The topological polar surface area (TPSA) is 48.0 Å². The van der Waals surface area contributed by atoms with Gasteiger partial charge in [-0.15, -0.1) is 0 Å². The molecule has 0 saturated heterocycles. The molecule has 1 amide bonds. The van der Waals surface area contributed by atoms with Gasteiger partial charge in [0.15, 0.2) is 11.5 Å². The number of ether oxygens (including phenoxy) is 3. The lowest BCUT2D eigenvalue weighted by atomic mass is 10.1. The van der Waals surface area contributed by atoms with Crippen molar-refractivity contribution in [1.82, 2.24) is 4.90 Å². The fraction of sp³-hybridized carbons (Fsp3) is 0.348. The highest BCUT2D eigenvalue weighted by Crippen LogP contribution is 2.38. The summed E-state index contributed by atoms with van der Waals surface area (Å²) in [6, 6.07) is 12.3. The zero-order valence-electron chi connectivity index (χ0n) is 16.9. The summed E-state index contributed by atoms with van der Waals surface area (Å²) in [5.41, 5.74) is 3.18. The van der Waals surface area contributed by atoms with Crippen molar-refractivity contribution in [3.8, 4) is 17.2 Å².